The maximum atomic E-state index is 5.70. The number of nitrogens with two attached hydrogens (primary N) is 1. The molecule has 21 heavy (non-hydrogen) atoms. The van der Waals surface area contributed by atoms with E-state index in [1.807, 2.05) is 6.20 Å². The van der Waals surface area contributed by atoms with Crippen molar-refractivity contribution in [1.82, 2.24) is 9.88 Å². The molecule has 5 heteroatoms. The third-order valence-corrected chi connectivity index (χ3v) is 4.85. The summed E-state index contributed by atoms with van der Waals surface area (Å²) in [7, 11) is 0. The Hall–Kier alpha value is -1.10. The van der Waals surface area contributed by atoms with E-state index in [0.29, 0.717) is 11.0 Å². The second-order valence-corrected chi connectivity index (χ2v) is 6.63. The summed E-state index contributed by atoms with van der Waals surface area (Å²) < 4.78 is 0. The van der Waals surface area contributed by atoms with E-state index < -0.39 is 0 Å². The second kappa shape index (κ2) is 7.78. The maximum Gasteiger partial charge on any atom is 0.180 e. The molecule has 0 spiro atoms. The van der Waals surface area contributed by atoms with E-state index in [1.165, 1.54) is 36.2 Å². The summed E-state index contributed by atoms with van der Waals surface area (Å²) in [5, 5.41) is 0.678. The molecule has 0 radical (unpaired) electrons. The minimum Gasteiger partial charge on any atom is -0.375 e. The quantitative estimate of drug-likeness (QED) is 0.931. The minimum atomic E-state index is 0. The van der Waals surface area contributed by atoms with Crippen molar-refractivity contribution in [2.24, 2.45) is 0 Å². The number of thiazole rings is 1. The van der Waals surface area contributed by atoms with Gasteiger partial charge in [0.2, 0.25) is 0 Å². The van der Waals surface area contributed by atoms with Gasteiger partial charge in [-0.25, -0.2) is 4.98 Å². The number of halogens is 1. The molecule has 1 aromatic heterocycles. The monoisotopic (exact) mass is 323 g/mol. The van der Waals surface area contributed by atoms with E-state index in [0.717, 1.165) is 13.1 Å². The van der Waals surface area contributed by atoms with E-state index in [9.17, 15) is 0 Å². The number of benzene rings is 1. The van der Waals surface area contributed by atoms with Crippen molar-refractivity contribution in [1.29, 1.82) is 0 Å². The van der Waals surface area contributed by atoms with Crippen molar-refractivity contribution in [3.63, 3.8) is 0 Å². The van der Waals surface area contributed by atoms with Crippen molar-refractivity contribution >= 4 is 28.9 Å². The number of nitrogen functional groups attached to an aromatic ring is 1. The molecule has 2 aromatic rings. The van der Waals surface area contributed by atoms with E-state index in [4.69, 9.17) is 5.73 Å². The molecule has 0 amide bonds. The highest BCUT2D eigenvalue weighted by atomic mass is 35.5. The summed E-state index contributed by atoms with van der Waals surface area (Å²) in [6, 6.07) is 10.9. The van der Waals surface area contributed by atoms with Gasteiger partial charge >= 0.3 is 0 Å². The Morgan fingerprint density at radius 1 is 1.19 bits per heavy atom. The van der Waals surface area contributed by atoms with Gasteiger partial charge in [-0.05, 0) is 43.8 Å². The van der Waals surface area contributed by atoms with Gasteiger partial charge in [0.15, 0.2) is 5.13 Å². The lowest BCUT2D eigenvalue weighted by molar-refractivity contribution is 0.278. The SMILES string of the molecule is Cl.Nc1ncc(CN2CCCC(c3ccccc3)CC2)s1. The van der Waals surface area contributed by atoms with Crippen molar-refractivity contribution in [3.8, 4) is 0 Å². The van der Waals surface area contributed by atoms with Crippen LogP contribution < -0.4 is 5.73 Å². The molecule has 1 fully saturated rings. The predicted molar refractivity (Wildman–Crippen MR) is 92.1 cm³/mol. The standard InChI is InChI=1S/C16H21N3S.ClH/c17-16-18-11-15(20-16)12-19-9-4-7-14(8-10-19)13-5-2-1-3-6-13;/h1-3,5-6,11,14H,4,7-10,12H2,(H2,17,18);1H. The largest absolute Gasteiger partial charge is 0.375 e. The average Bonchev–Trinajstić information content (AvgIpc) is 2.74. The summed E-state index contributed by atoms with van der Waals surface area (Å²) in [5.41, 5.74) is 7.20. The van der Waals surface area contributed by atoms with Gasteiger partial charge in [-0.3, -0.25) is 4.90 Å². The molecule has 114 valence electrons. The van der Waals surface area contributed by atoms with Crippen LogP contribution in [0.25, 0.3) is 0 Å². The molecule has 1 aromatic carbocycles. The summed E-state index contributed by atoms with van der Waals surface area (Å²) >= 11 is 1.61. The van der Waals surface area contributed by atoms with Crippen LogP contribution in [0, 0.1) is 0 Å². The van der Waals surface area contributed by atoms with Crippen LogP contribution in [-0.2, 0) is 6.54 Å². The van der Waals surface area contributed by atoms with Gasteiger partial charge < -0.3 is 5.73 Å². The molecule has 0 saturated carbocycles. The Bertz CT molecular complexity index is 543. The zero-order chi connectivity index (χ0) is 13.8. The fourth-order valence-corrected chi connectivity index (χ4v) is 3.72. The van der Waals surface area contributed by atoms with Crippen LogP contribution in [0.2, 0.25) is 0 Å². The van der Waals surface area contributed by atoms with Gasteiger partial charge in [-0.1, -0.05) is 30.3 Å². The van der Waals surface area contributed by atoms with Gasteiger partial charge in [0.25, 0.3) is 0 Å². The van der Waals surface area contributed by atoms with Crippen LogP contribution in [0.3, 0.4) is 0 Å². The predicted octanol–water partition coefficient (Wildman–Crippen LogP) is 3.92. The molecule has 1 aliphatic heterocycles. The van der Waals surface area contributed by atoms with Crippen LogP contribution in [-0.4, -0.2) is 23.0 Å². The summed E-state index contributed by atoms with van der Waals surface area (Å²) in [6.07, 6.45) is 5.73. The Morgan fingerprint density at radius 2 is 2.00 bits per heavy atom. The maximum absolute atomic E-state index is 5.70. The van der Waals surface area contributed by atoms with Crippen LogP contribution in [0.15, 0.2) is 36.5 Å². The topological polar surface area (TPSA) is 42.1 Å². The molecular formula is C16H22ClN3S. The lowest BCUT2D eigenvalue weighted by Crippen LogP contribution is -2.23. The van der Waals surface area contributed by atoms with E-state index in [1.54, 1.807) is 11.3 Å². The highest BCUT2D eigenvalue weighted by Crippen LogP contribution is 2.28. The minimum absolute atomic E-state index is 0. The molecule has 2 heterocycles. The van der Waals surface area contributed by atoms with E-state index in [2.05, 4.69) is 40.2 Å². The molecule has 3 nitrogen and oxygen atoms in total. The molecule has 1 saturated heterocycles. The Balaban J connectivity index is 0.00000161. The Labute approximate surface area is 136 Å². The second-order valence-electron chi connectivity index (χ2n) is 5.48. The molecule has 1 atom stereocenters. The van der Waals surface area contributed by atoms with Crippen molar-refractivity contribution in [2.45, 2.75) is 31.7 Å². The summed E-state index contributed by atoms with van der Waals surface area (Å²) in [4.78, 5) is 7.95. The molecule has 1 aliphatic rings. The molecule has 1 unspecified atom stereocenters. The van der Waals surface area contributed by atoms with Gasteiger partial charge in [0.1, 0.15) is 0 Å². The Kier molecular flexibility index (Phi) is 6.03. The first-order valence-corrected chi connectivity index (χ1v) is 8.10. The molecule has 2 N–H and O–H groups in total. The van der Waals surface area contributed by atoms with Crippen molar-refractivity contribution in [3.05, 3.63) is 47.0 Å². The van der Waals surface area contributed by atoms with Gasteiger partial charge in [-0.2, -0.15) is 0 Å². The number of hydrogen-bond donors (Lipinski definition) is 1. The molecule has 0 bridgehead atoms. The van der Waals surface area contributed by atoms with E-state index >= 15 is 0 Å². The number of hydrogen-bond acceptors (Lipinski definition) is 4. The fourth-order valence-electron chi connectivity index (χ4n) is 2.99. The summed E-state index contributed by atoms with van der Waals surface area (Å²) in [6.45, 7) is 3.34. The number of likely N-dealkylation sites (tertiary alicyclic amines) is 1. The van der Waals surface area contributed by atoms with Gasteiger partial charge in [0, 0.05) is 17.6 Å². The highest BCUT2D eigenvalue weighted by molar-refractivity contribution is 7.15. The van der Waals surface area contributed by atoms with Crippen LogP contribution in [0.5, 0.6) is 0 Å². The number of aromatic nitrogens is 1. The van der Waals surface area contributed by atoms with Gasteiger partial charge in [0.05, 0.1) is 0 Å². The number of nitrogens with zero attached hydrogens (tertiary/aromatic N) is 2. The van der Waals surface area contributed by atoms with Crippen LogP contribution in [0.1, 0.15) is 35.6 Å². The lowest BCUT2D eigenvalue weighted by atomic mass is 9.92. The zero-order valence-corrected chi connectivity index (χ0v) is 13.7. The summed E-state index contributed by atoms with van der Waals surface area (Å²) in [5.74, 6) is 0.715. The number of anilines is 1. The lowest BCUT2D eigenvalue weighted by Gasteiger charge is -2.19. The fraction of sp³-hybridized carbons (Fsp3) is 0.438. The first-order chi connectivity index (χ1) is 9.81. The van der Waals surface area contributed by atoms with Crippen LogP contribution in [0.4, 0.5) is 5.13 Å². The third-order valence-electron chi connectivity index (χ3n) is 4.04. The first kappa shape index (κ1) is 16.3. The average molecular weight is 324 g/mol. The molecule has 3 rings (SSSR count). The number of rotatable bonds is 3. The van der Waals surface area contributed by atoms with Crippen molar-refractivity contribution < 1.29 is 0 Å². The van der Waals surface area contributed by atoms with Crippen molar-refractivity contribution in [2.75, 3.05) is 18.8 Å². The van der Waals surface area contributed by atoms with Gasteiger partial charge in [-0.15, -0.1) is 23.7 Å². The smallest absolute Gasteiger partial charge is 0.180 e. The first-order valence-electron chi connectivity index (χ1n) is 7.29. The molecular weight excluding hydrogens is 302 g/mol. The normalized spacial score (nSPS) is 19.7. The van der Waals surface area contributed by atoms with Crippen LogP contribution >= 0.6 is 23.7 Å². The Morgan fingerprint density at radius 3 is 2.71 bits per heavy atom. The zero-order valence-electron chi connectivity index (χ0n) is 12.1. The third kappa shape index (κ3) is 4.43. The highest BCUT2D eigenvalue weighted by Gasteiger charge is 2.18. The van der Waals surface area contributed by atoms with E-state index in [-0.39, 0.29) is 12.4 Å². The molecule has 0 aliphatic carbocycles.